The molecule has 38 heavy (non-hydrogen) atoms. The molecule has 2 bridgehead atoms. The number of likely N-dealkylation sites (tertiary alicyclic amines) is 1. The fourth-order valence-corrected chi connectivity index (χ4v) is 7.03. The number of pyridine rings is 1. The number of hydrogen-bond donors (Lipinski definition) is 0. The lowest BCUT2D eigenvalue weighted by Gasteiger charge is -2.33. The van der Waals surface area contributed by atoms with Crippen LogP contribution < -0.4 is 9.64 Å². The number of rotatable bonds is 5. The molecule has 2 aliphatic heterocycles. The molecule has 2 aromatic heterocycles. The summed E-state index contributed by atoms with van der Waals surface area (Å²) < 4.78 is 22.6. The standard InChI is InChI=1S/C30H31ClFN5O/c1-36-11-10-20(14-36)17-38-30-34-28-23(29(35-30)37-15-18-8-9-19(12-18)16-37)13-33-27(26(28)32)22-6-2-4-21-5-3-7-24(31)25(21)22/h2-7,13,18-20H,8-12,14-17H2,1H3/t18?,19?,20-/m1/s1. The molecule has 6 nitrogen and oxygen atoms in total. The van der Waals surface area contributed by atoms with E-state index in [1.165, 1.54) is 19.3 Å². The molecule has 4 heterocycles. The van der Waals surface area contributed by atoms with Crippen molar-refractivity contribution in [3.05, 3.63) is 53.4 Å². The van der Waals surface area contributed by atoms with E-state index in [4.69, 9.17) is 21.3 Å². The van der Waals surface area contributed by atoms with Gasteiger partial charge in [-0.05, 0) is 62.6 Å². The van der Waals surface area contributed by atoms with Crippen molar-refractivity contribution in [2.75, 3.05) is 44.7 Å². The van der Waals surface area contributed by atoms with Gasteiger partial charge in [0, 0.05) is 47.7 Å². The van der Waals surface area contributed by atoms with E-state index in [0.717, 1.165) is 49.2 Å². The predicted molar refractivity (Wildman–Crippen MR) is 149 cm³/mol. The van der Waals surface area contributed by atoms with E-state index in [9.17, 15) is 0 Å². The summed E-state index contributed by atoms with van der Waals surface area (Å²) in [5.41, 5.74) is 1.14. The Morgan fingerprint density at radius 2 is 1.82 bits per heavy atom. The Labute approximate surface area is 226 Å². The molecule has 196 valence electrons. The molecule has 0 spiro atoms. The number of piperidine rings is 1. The molecule has 0 N–H and O–H groups in total. The average Bonchev–Trinajstić information content (AvgIpc) is 3.50. The third-order valence-corrected chi connectivity index (χ3v) is 8.91. The van der Waals surface area contributed by atoms with Crippen LogP contribution in [0.25, 0.3) is 32.9 Å². The lowest BCUT2D eigenvalue weighted by atomic mass is 9.98. The Morgan fingerprint density at radius 1 is 1.03 bits per heavy atom. The molecule has 2 aromatic carbocycles. The van der Waals surface area contributed by atoms with Gasteiger partial charge in [0.2, 0.25) is 0 Å². The second-order valence-electron chi connectivity index (χ2n) is 11.3. The van der Waals surface area contributed by atoms with Crippen LogP contribution >= 0.6 is 11.6 Å². The molecule has 4 aromatic rings. The van der Waals surface area contributed by atoms with Crippen molar-refractivity contribution < 1.29 is 9.13 Å². The summed E-state index contributed by atoms with van der Waals surface area (Å²) in [7, 11) is 2.12. The molecule has 0 radical (unpaired) electrons. The van der Waals surface area contributed by atoms with Crippen LogP contribution in [-0.4, -0.2) is 59.7 Å². The molecule has 3 fully saturated rings. The van der Waals surface area contributed by atoms with Crippen LogP contribution in [-0.2, 0) is 0 Å². The third kappa shape index (κ3) is 4.26. The van der Waals surface area contributed by atoms with E-state index in [1.807, 2.05) is 36.4 Å². The SMILES string of the molecule is CN1CC[C@@H](COc2nc(N3CC4CCC(C4)C3)c3cnc(-c4cccc5cccc(Cl)c45)c(F)c3n2)C1. The first-order valence-corrected chi connectivity index (χ1v) is 14.0. The van der Waals surface area contributed by atoms with E-state index >= 15 is 4.39 Å². The van der Waals surface area contributed by atoms with Gasteiger partial charge in [-0.15, -0.1) is 0 Å². The molecular formula is C30H31ClFN5O. The Morgan fingerprint density at radius 3 is 2.58 bits per heavy atom. The molecule has 1 saturated carbocycles. The van der Waals surface area contributed by atoms with Gasteiger partial charge >= 0.3 is 6.01 Å². The van der Waals surface area contributed by atoms with E-state index < -0.39 is 5.82 Å². The topological polar surface area (TPSA) is 54.4 Å². The average molecular weight is 532 g/mol. The number of ether oxygens (including phenoxy) is 1. The maximum atomic E-state index is 16.4. The van der Waals surface area contributed by atoms with Crippen LogP contribution in [0.2, 0.25) is 5.02 Å². The minimum absolute atomic E-state index is 0.239. The van der Waals surface area contributed by atoms with Crippen molar-refractivity contribution in [2.24, 2.45) is 17.8 Å². The number of hydrogen-bond acceptors (Lipinski definition) is 6. The molecule has 2 saturated heterocycles. The maximum absolute atomic E-state index is 16.4. The van der Waals surface area contributed by atoms with Crippen molar-refractivity contribution >= 4 is 39.1 Å². The van der Waals surface area contributed by atoms with Crippen LogP contribution in [0.4, 0.5) is 10.2 Å². The number of benzene rings is 2. The van der Waals surface area contributed by atoms with Crippen LogP contribution in [0.1, 0.15) is 25.7 Å². The lowest BCUT2D eigenvalue weighted by Crippen LogP contribution is -2.37. The van der Waals surface area contributed by atoms with Gasteiger partial charge in [-0.3, -0.25) is 4.98 Å². The zero-order valence-corrected chi connectivity index (χ0v) is 22.3. The van der Waals surface area contributed by atoms with Crippen molar-refractivity contribution in [1.29, 1.82) is 0 Å². The summed E-state index contributed by atoms with van der Waals surface area (Å²) in [6.07, 6.45) is 6.58. The van der Waals surface area contributed by atoms with Gasteiger partial charge in [-0.2, -0.15) is 9.97 Å². The van der Waals surface area contributed by atoms with E-state index in [2.05, 4.69) is 26.8 Å². The number of fused-ring (bicyclic) bond motifs is 4. The van der Waals surface area contributed by atoms with Gasteiger partial charge in [0.1, 0.15) is 17.0 Å². The quantitative estimate of drug-likeness (QED) is 0.305. The summed E-state index contributed by atoms with van der Waals surface area (Å²) in [4.78, 5) is 18.7. The molecular weight excluding hydrogens is 501 g/mol. The Bertz CT molecular complexity index is 1510. The minimum Gasteiger partial charge on any atom is -0.463 e. The van der Waals surface area contributed by atoms with Crippen molar-refractivity contribution in [2.45, 2.75) is 25.7 Å². The Balaban J connectivity index is 1.35. The highest BCUT2D eigenvalue weighted by molar-refractivity contribution is 6.36. The van der Waals surface area contributed by atoms with Gasteiger partial charge in [0.15, 0.2) is 5.82 Å². The monoisotopic (exact) mass is 531 g/mol. The van der Waals surface area contributed by atoms with Gasteiger partial charge < -0.3 is 14.5 Å². The summed E-state index contributed by atoms with van der Waals surface area (Å²) in [6.45, 7) is 4.43. The first-order chi connectivity index (χ1) is 18.5. The molecule has 8 heteroatoms. The highest BCUT2D eigenvalue weighted by atomic mass is 35.5. The number of halogens is 2. The maximum Gasteiger partial charge on any atom is 0.319 e. The van der Waals surface area contributed by atoms with Crippen molar-refractivity contribution in [1.82, 2.24) is 19.9 Å². The lowest BCUT2D eigenvalue weighted by molar-refractivity contribution is 0.233. The fraction of sp³-hybridized carbons (Fsp3) is 0.433. The van der Waals surface area contributed by atoms with Gasteiger partial charge in [-0.25, -0.2) is 4.39 Å². The molecule has 3 aliphatic rings. The van der Waals surface area contributed by atoms with Crippen LogP contribution in [0.3, 0.4) is 0 Å². The van der Waals surface area contributed by atoms with E-state index in [-0.39, 0.29) is 17.2 Å². The van der Waals surface area contributed by atoms with Gasteiger partial charge in [-0.1, -0.05) is 41.9 Å². The van der Waals surface area contributed by atoms with E-state index in [0.29, 0.717) is 40.3 Å². The molecule has 1 aliphatic carbocycles. The number of aromatic nitrogens is 3. The molecule has 3 atom stereocenters. The van der Waals surface area contributed by atoms with Crippen LogP contribution in [0, 0.1) is 23.6 Å². The first-order valence-electron chi connectivity index (χ1n) is 13.6. The predicted octanol–water partition coefficient (Wildman–Crippen LogP) is 6.20. The number of anilines is 1. The smallest absolute Gasteiger partial charge is 0.319 e. The zero-order chi connectivity index (χ0) is 25.8. The molecule has 2 unspecified atom stereocenters. The summed E-state index contributed by atoms with van der Waals surface area (Å²) in [5, 5.41) is 2.92. The van der Waals surface area contributed by atoms with E-state index in [1.54, 1.807) is 6.20 Å². The Hall–Kier alpha value is -3.03. The molecule has 7 rings (SSSR count). The second-order valence-corrected chi connectivity index (χ2v) is 11.7. The second kappa shape index (κ2) is 9.62. The van der Waals surface area contributed by atoms with Crippen LogP contribution in [0.5, 0.6) is 6.01 Å². The summed E-state index contributed by atoms with van der Waals surface area (Å²) in [6, 6.07) is 11.7. The highest BCUT2D eigenvalue weighted by Crippen LogP contribution is 2.41. The van der Waals surface area contributed by atoms with Gasteiger partial charge in [0.05, 0.1) is 12.0 Å². The highest BCUT2D eigenvalue weighted by Gasteiger charge is 2.35. The fourth-order valence-electron chi connectivity index (χ4n) is 6.74. The minimum atomic E-state index is -0.469. The summed E-state index contributed by atoms with van der Waals surface area (Å²) in [5.74, 6) is 2.01. The van der Waals surface area contributed by atoms with Crippen molar-refractivity contribution in [3.63, 3.8) is 0 Å². The largest absolute Gasteiger partial charge is 0.463 e. The van der Waals surface area contributed by atoms with Gasteiger partial charge in [0.25, 0.3) is 0 Å². The number of nitrogens with zero attached hydrogens (tertiary/aromatic N) is 5. The zero-order valence-electron chi connectivity index (χ0n) is 21.5. The normalized spacial score (nSPS) is 23.6. The van der Waals surface area contributed by atoms with Crippen molar-refractivity contribution in [3.8, 4) is 17.3 Å². The molecule has 0 amide bonds. The third-order valence-electron chi connectivity index (χ3n) is 8.60. The summed E-state index contributed by atoms with van der Waals surface area (Å²) >= 11 is 6.58. The Kier molecular flexibility index (Phi) is 6.08. The first kappa shape index (κ1) is 24.0. The van der Waals surface area contributed by atoms with Crippen LogP contribution in [0.15, 0.2) is 42.6 Å².